The number of hydrogen-bond acceptors (Lipinski definition) is 1. The molecular formula is C16H23N. The van der Waals surface area contributed by atoms with Crippen molar-refractivity contribution < 1.29 is 0 Å². The Morgan fingerprint density at radius 1 is 1.12 bits per heavy atom. The van der Waals surface area contributed by atoms with Gasteiger partial charge in [-0.15, -0.1) is 0 Å². The highest BCUT2D eigenvalue weighted by atomic mass is 15.1. The van der Waals surface area contributed by atoms with Gasteiger partial charge in [0.25, 0.3) is 0 Å². The van der Waals surface area contributed by atoms with Crippen LogP contribution in [0.25, 0.3) is 0 Å². The molecule has 0 amide bonds. The molecule has 0 fully saturated rings. The van der Waals surface area contributed by atoms with Crippen LogP contribution in [0.1, 0.15) is 43.4 Å². The molecule has 17 heavy (non-hydrogen) atoms. The minimum Gasteiger partial charge on any atom is -0.371 e. The smallest absolute Gasteiger partial charge is 0.0434 e. The molecule has 0 aromatic heterocycles. The molecule has 0 radical (unpaired) electrons. The zero-order valence-corrected chi connectivity index (χ0v) is 11.1. The molecule has 0 saturated heterocycles. The Labute approximate surface area is 105 Å². The number of nitrogens with zero attached hydrogens (tertiary/aromatic N) is 1. The van der Waals surface area contributed by atoms with E-state index in [1.165, 1.54) is 45.2 Å². The van der Waals surface area contributed by atoms with E-state index in [1.807, 2.05) is 0 Å². The molecule has 1 aromatic rings. The van der Waals surface area contributed by atoms with Crippen molar-refractivity contribution >= 4 is 5.69 Å². The number of aryl methyl sites for hydroxylation is 1. The van der Waals surface area contributed by atoms with Crippen molar-refractivity contribution in [3.05, 3.63) is 28.8 Å². The standard InChI is InChI=1S/C16H23N/c1-12(2)11-14-8-7-13-5-3-9-17-10-4-6-15(14)16(13)17/h7-8,12H,3-6,9-11H2,1-2H3. The second-order valence-electron chi connectivity index (χ2n) is 6.00. The fourth-order valence-electron chi connectivity index (χ4n) is 3.47. The third-order valence-electron chi connectivity index (χ3n) is 4.14. The van der Waals surface area contributed by atoms with Crippen molar-refractivity contribution in [2.75, 3.05) is 18.0 Å². The Bertz CT molecular complexity index is 418. The molecule has 0 bridgehead atoms. The summed E-state index contributed by atoms with van der Waals surface area (Å²) in [4.78, 5) is 2.64. The predicted molar refractivity (Wildman–Crippen MR) is 73.8 cm³/mol. The molecule has 0 saturated carbocycles. The van der Waals surface area contributed by atoms with Crippen LogP contribution in [0.2, 0.25) is 0 Å². The summed E-state index contributed by atoms with van der Waals surface area (Å²) in [6.45, 7) is 7.22. The van der Waals surface area contributed by atoms with Crippen molar-refractivity contribution in [3.63, 3.8) is 0 Å². The van der Waals surface area contributed by atoms with Gasteiger partial charge in [0, 0.05) is 18.8 Å². The van der Waals surface area contributed by atoms with E-state index in [2.05, 4.69) is 30.9 Å². The molecule has 0 aliphatic carbocycles. The SMILES string of the molecule is CC(C)Cc1ccc2c3c1CCCN3CCC2. The minimum atomic E-state index is 0.767. The van der Waals surface area contributed by atoms with Crippen LogP contribution >= 0.6 is 0 Å². The second-order valence-corrected chi connectivity index (χ2v) is 6.00. The van der Waals surface area contributed by atoms with Crippen LogP contribution in [0.3, 0.4) is 0 Å². The van der Waals surface area contributed by atoms with Crippen LogP contribution < -0.4 is 4.90 Å². The van der Waals surface area contributed by atoms with Crippen molar-refractivity contribution in [1.82, 2.24) is 0 Å². The quantitative estimate of drug-likeness (QED) is 0.749. The summed E-state index contributed by atoms with van der Waals surface area (Å²) >= 11 is 0. The number of anilines is 1. The third-order valence-corrected chi connectivity index (χ3v) is 4.14. The lowest BCUT2D eigenvalue weighted by atomic mass is 9.86. The minimum absolute atomic E-state index is 0.767. The number of benzene rings is 1. The first-order valence-corrected chi connectivity index (χ1v) is 7.14. The Kier molecular flexibility index (Phi) is 2.85. The van der Waals surface area contributed by atoms with E-state index in [0.29, 0.717) is 0 Å². The van der Waals surface area contributed by atoms with E-state index >= 15 is 0 Å². The van der Waals surface area contributed by atoms with Gasteiger partial charge in [0.15, 0.2) is 0 Å². The summed E-state index contributed by atoms with van der Waals surface area (Å²) in [5, 5.41) is 0. The van der Waals surface area contributed by atoms with Crippen LogP contribution in [-0.2, 0) is 19.3 Å². The van der Waals surface area contributed by atoms with Crippen LogP contribution in [0.5, 0.6) is 0 Å². The van der Waals surface area contributed by atoms with Gasteiger partial charge in [-0.25, -0.2) is 0 Å². The molecule has 3 rings (SSSR count). The third kappa shape index (κ3) is 1.96. The summed E-state index contributed by atoms with van der Waals surface area (Å²) in [7, 11) is 0. The topological polar surface area (TPSA) is 3.24 Å². The molecule has 2 aliphatic heterocycles. The van der Waals surface area contributed by atoms with Crippen LogP contribution in [0, 0.1) is 5.92 Å². The van der Waals surface area contributed by atoms with E-state index in [-0.39, 0.29) is 0 Å². The van der Waals surface area contributed by atoms with Crippen molar-refractivity contribution in [2.45, 2.75) is 46.0 Å². The summed E-state index contributed by atoms with van der Waals surface area (Å²) in [6.07, 6.45) is 6.54. The molecule has 0 N–H and O–H groups in total. The van der Waals surface area contributed by atoms with Gasteiger partial charge >= 0.3 is 0 Å². The van der Waals surface area contributed by atoms with Gasteiger partial charge in [-0.3, -0.25) is 0 Å². The van der Waals surface area contributed by atoms with Gasteiger partial charge in [0.05, 0.1) is 0 Å². The van der Waals surface area contributed by atoms with Gasteiger partial charge in [0.2, 0.25) is 0 Å². The largest absolute Gasteiger partial charge is 0.371 e. The summed E-state index contributed by atoms with van der Waals surface area (Å²) in [5.74, 6) is 0.767. The van der Waals surface area contributed by atoms with Crippen LogP contribution in [-0.4, -0.2) is 13.1 Å². The molecule has 0 unspecified atom stereocenters. The van der Waals surface area contributed by atoms with Gasteiger partial charge in [0.1, 0.15) is 0 Å². The molecule has 0 spiro atoms. The highest BCUT2D eigenvalue weighted by Gasteiger charge is 2.25. The average molecular weight is 229 g/mol. The maximum absolute atomic E-state index is 2.64. The van der Waals surface area contributed by atoms with E-state index in [9.17, 15) is 0 Å². The molecular weight excluding hydrogens is 206 g/mol. The van der Waals surface area contributed by atoms with Gasteiger partial charge in [-0.05, 0) is 54.7 Å². The summed E-state index contributed by atoms with van der Waals surface area (Å²) < 4.78 is 0. The Morgan fingerprint density at radius 3 is 2.65 bits per heavy atom. The molecule has 2 heterocycles. The van der Waals surface area contributed by atoms with Gasteiger partial charge < -0.3 is 4.90 Å². The average Bonchev–Trinajstić information content (AvgIpc) is 2.33. The Balaban J connectivity index is 2.06. The van der Waals surface area contributed by atoms with Crippen molar-refractivity contribution in [1.29, 1.82) is 0 Å². The van der Waals surface area contributed by atoms with Gasteiger partial charge in [-0.1, -0.05) is 26.0 Å². The number of rotatable bonds is 2. The molecule has 1 aromatic carbocycles. The Morgan fingerprint density at radius 2 is 1.88 bits per heavy atom. The molecule has 92 valence electrons. The second kappa shape index (κ2) is 4.36. The maximum Gasteiger partial charge on any atom is 0.0434 e. The maximum atomic E-state index is 2.64. The lowest BCUT2D eigenvalue weighted by molar-refractivity contribution is 0.610. The van der Waals surface area contributed by atoms with Crippen molar-refractivity contribution in [2.24, 2.45) is 5.92 Å². The zero-order chi connectivity index (χ0) is 11.8. The molecule has 1 nitrogen and oxygen atoms in total. The normalized spacial score (nSPS) is 18.4. The highest BCUT2D eigenvalue weighted by Crippen LogP contribution is 2.37. The Hall–Kier alpha value is -0.980. The van der Waals surface area contributed by atoms with E-state index < -0.39 is 0 Å². The summed E-state index contributed by atoms with van der Waals surface area (Å²) in [6, 6.07) is 4.80. The zero-order valence-electron chi connectivity index (χ0n) is 11.1. The lowest BCUT2D eigenvalue weighted by Gasteiger charge is -2.38. The molecule has 0 atom stereocenters. The molecule has 1 heteroatoms. The van der Waals surface area contributed by atoms with E-state index in [1.54, 1.807) is 22.4 Å². The van der Waals surface area contributed by atoms with Gasteiger partial charge in [-0.2, -0.15) is 0 Å². The first kappa shape index (κ1) is 11.1. The molecule has 2 aliphatic rings. The van der Waals surface area contributed by atoms with Crippen LogP contribution in [0.4, 0.5) is 5.69 Å². The monoisotopic (exact) mass is 229 g/mol. The summed E-state index contributed by atoms with van der Waals surface area (Å²) in [5.41, 5.74) is 6.53. The van der Waals surface area contributed by atoms with Crippen LogP contribution in [0.15, 0.2) is 12.1 Å². The predicted octanol–water partition coefficient (Wildman–Crippen LogP) is 3.58. The number of hydrogen-bond donors (Lipinski definition) is 0. The fraction of sp³-hybridized carbons (Fsp3) is 0.625. The van der Waals surface area contributed by atoms with E-state index in [4.69, 9.17) is 0 Å². The van der Waals surface area contributed by atoms with Crippen molar-refractivity contribution in [3.8, 4) is 0 Å². The first-order valence-electron chi connectivity index (χ1n) is 7.14. The highest BCUT2D eigenvalue weighted by molar-refractivity contribution is 5.65. The fourth-order valence-corrected chi connectivity index (χ4v) is 3.47. The van der Waals surface area contributed by atoms with E-state index in [0.717, 1.165) is 5.92 Å². The lowest BCUT2D eigenvalue weighted by Crippen LogP contribution is -2.35. The first-order chi connectivity index (χ1) is 8.25.